The summed E-state index contributed by atoms with van der Waals surface area (Å²) >= 11 is 0. The first-order chi connectivity index (χ1) is 9.87. The first kappa shape index (κ1) is 15.7. The van der Waals surface area contributed by atoms with E-state index in [2.05, 4.69) is 5.32 Å². The van der Waals surface area contributed by atoms with Crippen LogP contribution in [0.25, 0.3) is 0 Å². The fourth-order valence-corrected chi connectivity index (χ4v) is 4.04. The van der Waals surface area contributed by atoms with E-state index in [0.717, 1.165) is 6.07 Å². The zero-order chi connectivity index (χ0) is 15.6. The number of rotatable bonds is 3. The maximum Gasteiger partial charge on any atom is 0.245 e. The number of anilines is 1. The predicted molar refractivity (Wildman–Crippen MR) is 76.4 cm³/mol. The van der Waals surface area contributed by atoms with Crippen molar-refractivity contribution in [3.05, 3.63) is 24.0 Å². The van der Waals surface area contributed by atoms with Gasteiger partial charge >= 0.3 is 0 Å². The fourth-order valence-electron chi connectivity index (χ4n) is 2.44. The monoisotopic (exact) mass is 315 g/mol. The Morgan fingerprint density at radius 1 is 1.38 bits per heavy atom. The molecular formula is C13H18FN3O3S. The number of nitrogens with zero attached hydrogens (tertiary/aromatic N) is 1. The minimum absolute atomic E-state index is 0.0858. The number of nitrogens with two attached hydrogens (primary N) is 1. The normalized spacial score (nSPS) is 17.6. The number of piperidine rings is 1. The third-order valence-electron chi connectivity index (χ3n) is 3.70. The van der Waals surface area contributed by atoms with Crippen molar-refractivity contribution < 1.29 is 17.6 Å². The van der Waals surface area contributed by atoms with Crippen molar-refractivity contribution in [2.75, 3.05) is 25.9 Å². The second-order valence-corrected chi connectivity index (χ2v) is 6.85. The van der Waals surface area contributed by atoms with Crippen LogP contribution in [0.2, 0.25) is 0 Å². The molecule has 1 saturated heterocycles. The molecule has 1 heterocycles. The second kappa shape index (κ2) is 5.98. The molecule has 0 saturated carbocycles. The highest BCUT2D eigenvalue weighted by Crippen LogP contribution is 2.28. The fraction of sp³-hybridized carbons (Fsp3) is 0.462. The van der Waals surface area contributed by atoms with Crippen LogP contribution >= 0.6 is 0 Å². The van der Waals surface area contributed by atoms with E-state index < -0.39 is 15.8 Å². The Bertz CT molecular complexity index is 640. The molecule has 2 rings (SSSR count). The van der Waals surface area contributed by atoms with Crippen LogP contribution in [0.5, 0.6) is 0 Å². The highest BCUT2D eigenvalue weighted by Gasteiger charge is 2.33. The molecule has 6 nitrogen and oxygen atoms in total. The highest BCUT2D eigenvalue weighted by molar-refractivity contribution is 7.89. The summed E-state index contributed by atoms with van der Waals surface area (Å²) in [7, 11) is -2.28. The molecule has 1 aromatic carbocycles. The average Bonchev–Trinajstić information content (AvgIpc) is 2.49. The molecule has 0 unspecified atom stereocenters. The van der Waals surface area contributed by atoms with Crippen molar-refractivity contribution in [3.8, 4) is 0 Å². The summed E-state index contributed by atoms with van der Waals surface area (Å²) in [5.74, 6) is -1.03. The van der Waals surface area contributed by atoms with E-state index in [1.54, 1.807) is 7.05 Å². The quantitative estimate of drug-likeness (QED) is 0.797. The number of carbonyl (C=O) groups is 1. The molecule has 1 fully saturated rings. The molecule has 0 aromatic heterocycles. The lowest BCUT2D eigenvalue weighted by Gasteiger charge is -2.30. The number of nitrogens with one attached hydrogen (secondary N) is 1. The summed E-state index contributed by atoms with van der Waals surface area (Å²) in [4.78, 5) is 11.3. The van der Waals surface area contributed by atoms with Gasteiger partial charge in [-0.15, -0.1) is 0 Å². The summed E-state index contributed by atoms with van der Waals surface area (Å²) in [5, 5.41) is 2.56. The van der Waals surface area contributed by atoms with Crippen LogP contribution in [-0.4, -0.2) is 38.8 Å². The van der Waals surface area contributed by atoms with E-state index in [1.807, 2.05) is 0 Å². The van der Waals surface area contributed by atoms with Crippen molar-refractivity contribution in [1.82, 2.24) is 9.62 Å². The molecule has 1 aliphatic rings. The molecule has 0 bridgehead atoms. The number of carbonyl (C=O) groups excluding carboxylic acids is 1. The lowest BCUT2D eigenvalue weighted by Crippen LogP contribution is -2.42. The summed E-state index contributed by atoms with van der Waals surface area (Å²) in [5.41, 5.74) is 5.16. The third-order valence-corrected chi connectivity index (χ3v) is 5.66. The van der Waals surface area contributed by atoms with E-state index in [0.29, 0.717) is 12.8 Å². The van der Waals surface area contributed by atoms with Gasteiger partial charge in [0.25, 0.3) is 0 Å². The van der Waals surface area contributed by atoms with Gasteiger partial charge in [0.15, 0.2) is 0 Å². The van der Waals surface area contributed by atoms with E-state index >= 15 is 0 Å². The van der Waals surface area contributed by atoms with Crippen LogP contribution < -0.4 is 11.1 Å². The largest absolute Gasteiger partial charge is 0.395 e. The van der Waals surface area contributed by atoms with Gasteiger partial charge in [-0.1, -0.05) is 6.07 Å². The van der Waals surface area contributed by atoms with Crippen LogP contribution in [0.15, 0.2) is 23.1 Å². The first-order valence-corrected chi connectivity index (χ1v) is 8.07. The SMILES string of the molecule is CNC(=O)C1CCN(S(=O)(=O)c2cccc(F)c2N)CC1. The Kier molecular flexibility index (Phi) is 4.48. The first-order valence-electron chi connectivity index (χ1n) is 6.63. The van der Waals surface area contributed by atoms with Gasteiger partial charge in [0, 0.05) is 26.1 Å². The van der Waals surface area contributed by atoms with E-state index in [1.165, 1.54) is 16.4 Å². The maximum atomic E-state index is 13.4. The van der Waals surface area contributed by atoms with E-state index in [4.69, 9.17) is 5.73 Å². The lowest BCUT2D eigenvalue weighted by atomic mass is 9.97. The minimum Gasteiger partial charge on any atom is -0.395 e. The Labute approximate surface area is 123 Å². The zero-order valence-electron chi connectivity index (χ0n) is 11.7. The molecular weight excluding hydrogens is 297 g/mol. The summed E-state index contributed by atoms with van der Waals surface area (Å²) < 4.78 is 39.6. The molecule has 3 N–H and O–H groups in total. The number of sulfonamides is 1. The molecule has 1 aliphatic heterocycles. The van der Waals surface area contributed by atoms with Crippen molar-refractivity contribution in [3.63, 3.8) is 0 Å². The molecule has 0 atom stereocenters. The van der Waals surface area contributed by atoms with Gasteiger partial charge < -0.3 is 11.1 Å². The predicted octanol–water partition coefficient (Wildman–Crippen LogP) is 0.555. The summed E-state index contributed by atoms with van der Waals surface area (Å²) in [6, 6.07) is 3.72. The number of nitrogen functional groups attached to an aromatic ring is 1. The minimum atomic E-state index is -3.83. The van der Waals surface area contributed by atoms with Crippen LogP contribution in [0, 0.1) is 11.7 Å². The Balaban J connectivity index is 2.19. The van der Waals surface area contributed by atoms with Crippen LogP contribution in [-0.2, 0) is 14.8 Å². The molecule has 116 valence electrons. The number of hydrogen-bond donors (Lipinski definition) is 2. The molecule has 21 heavy (non-hydrogen) atoms. The number of hydrogen-bond acceptors (Lipinski definition) is 4. The molecule has 1 aromatic rings. The van der Waals surface area contributed by atoms with Crippen molar-refractivity contribution in [1.29, 1.82) is 0 Å². The topological polar surface area (TPSA) is 92.5 Å². The van der Waals surface area contributed by atoms with Crippen LogP contribution in [0.3, 0.4) is 0 Å². The average molecular weight is 315 g/mol. The molecule has 0 aliphatic carbocycles. The Morgan fingerprint density at radius 3 is 2.57 bits per heavy atom. The summed E-state index contributed by atoms with van der Waals surface area (Å²) in [6.45, 7) is 0.437. The number of para-hydroxylation sites is 1. The van der Waals surface area contributed by atoms with Crippen LogP contribution in [0.4, 0.5) is 10.1 Å². The van der Waals surface area contributed by atoms with Gasteiger partial charge in [-0.3, -0.25) is 4.79 Å². The van der Waals surface area contributed by atoms with Gasteiger partial charge in [0.1, 0.15) is 10.7 Å². The van der Waals surface area contributed by atoms with Gasteiger partial charge in [0.2, 0.25) is 15.9 Å². The number of benzene rings is 1. The van der Waals surface area contributed by atoms with Crippen molar-refractivity contribution in [2.45, 2.75) is 17.7 Å². The number of amides is 1. The summed E-state index contributed by atoms with van der Waals surface area (Å²) in [6.07, 6.45) is 0.877. The maximum absolute atomic E-state index is 13.4. The van der Waals surface area contributed by atoms with Crippen LogP contribution in [0.1, 0.15) is 12.8 Å². The van der Waals surface area contributed by atoms with Gasteiger partial charge in [-0.2, -0.15) is 4.31 Å². The van der Waals surface area contributed by atoms with Crippen molar-refractivity contribution >= 4 is 21.6 Å². The van der Waals surface area contributed by atoms with E-state index in [9.17, 15) is 17.6 Å². The number of halogens is 1. The standard InChI is InChI=1S/C13H18FN3O3S/c1-16-13(18)9-5-7-17(8-6-9)21(19,20)11-4-2-3-10(14)12(11)15/h2-4,9H,5-8,15H2,1H3,(H,16,18). The van der Waals surface area contributed by atoms with E-state index in [-0.39, 0.29) is 35.5 Å². The molecule has 0 radical (unpaired) electrons. The van der Waals surface area contributed by atoms with Gasteiger partial charge in [0.05, 0.1) is 5.69 Å². The van der Waals surface area contributed by atoms with Gasteiger partial charge in [-0.25, -0.2) is 12.8 Å². The molecule has 1 amide bonds. The van der Waals surface area contributed by atoms with Gasteiger partial charge in [-0.05, 0) is 25.0 Å². The third kappa shape index (κ3) is 3.01. The van der Waals surface area contributed by atoms with Crippen molar-refractivity contribution in [2.24, 2.45) is 5.92 Å². The zero-order valence-corrected chi connectivity index (χ0v) is 12.5. The Hall–Kier alpha value is -1.67. The smallest absolute Gasteiger partial charge is 0.245 e. The Morgan fingerprint density at radius 2 is 2.00 bits per heavy atom. The molecule has 8 heteroatoms. The highest BCUT2D eigenvalue weighted by atomic mass is 32.2. The lowest BCUT2D eigenvalue weighted by molar-refractivity contribution is -0.125. The second-order valence-electron chi connectivity index (χ2n) is 4.94. The molecule has 0 spiro atoms.